The summed E-state index contributed by atoms with van der Waals surface area (Å²) in [6, 6.07) is 11.2. The van der Waals surface area contributed by atoms with Gasteiger partial charge in [0.25, 0.3) is 10.0 Å². The van der Waals surface area contributed by atoms with Gasteiger partial charge in [0.1, 0.15) is 10.6 Å². The molecule has 1 fully saturated rings. The first-order valence-corrected chi connectivity index (χ1v) is 14.5. The standard InChI is InChI=1S/C24H34N2O6S2/c1-4-19-5-7-21(8-6-19)26(16-18(2)3)34(29,30)22-9-10-23(24(15-22)33(25,27)28)32-17-20-11-13-31-14-12-20/h5-10,15,18,20H,4,11-14,16-17H2,1-3H3,(H2,25,27,28). The van der Waals surface area contributed by atoms with E-state index in [1.165, 1.54) is 16.4 Å². The zero-order valence-corrected chi connectivity index (χ0v) is 21.6. The van der Waals surface area contributed by atoms with E-state index < -0.39 is 20.0 Å². The van der Waals surface area contributed by atoms with Gasteiger partial charge in [0.15, 0.2) is 0 Å². The maximum atomic E-state index is 13.7. The van der Waals surface area contributed by atoms with E-state index >= 15 is 0 Å². The molecule has 3 rings (SSSR count). The van der Waals surface area contributed by atoms with Crippen LogP contribution in [0.15, 0.2) is 52.3 Å². The maximum absolute atomic E-state index is 13.7. The third kappa shape index (κ3) is 6.50. The van der Waals surface area contributed by atoms with Gasteiger partial charge in [-0.1, -0.05) is 32.9 Å². The molecule has 0 radical (unpaired) electrons. The number of sulfonamides is 2. The highest BCUT2D eigenvalue weighted by molar-refractivity contribution is 7.93. The lowest BCUT2D eigenvalue weighted by molar-refractivity contribution is 0.0493. The lowest BCUT2D eigenvalue weighted by atomic mass is 10.0. The average molecular weight is 511 g/mol. The summed E-state index contributed by atoms with van der Waals surface area (Å²) in [6.07, 6.45) is 2.47. The van der Waals surface area contributed by atoms with Crippen LogP contribution >= 0.6 is 0 Å². The molecule has 0 unspecified atom stereocenters. The average Bonchev–Trinajstić information content (AvgIpc) is 2.81. The fourth-order valence-electron chi connectivity index (χ4n) is 3.81. The van der Waals surface area contributed by atoms with Gasteiger partial charge in [0, 0.05) is 19.8 Å². The SMILES string of the molecule is CCc1ccc(N(CC(C)C)S(=O)(=O)c2ccc(OCC3CCOCC3)c(S(N)(=O)=O)c2)cc1. The van der Waals surface area contributed by atoms with Crippen molar-refractivity contribution in [2.75, 3.05) is 30.7 Å². The molecule has 1 aliphatic heterocycles. The second kappa shape index (κ2) is 11.1. The quantitative estimate of drug-likeness (QED) is 0.523. The molecule has 0 atom stereocenters. The number of hydrogen-bond acceptors (Lipinski definition) is 6. The van der Waals surface area contributed by atoms with Crippen LogP contribution in [0.5, 0.6) is 5.75 Å². The van der Waals surface area contributed by atoms with E-state index in [1.54, 1.807) is 12.1 Å². The Kier molecular flexibility index (Phi) is 8.62. The highest BCUT2D eigenvalue weighted by atomic mass is 32.2. The van der Waals surface area contributed by atoms with Crippen LogP contribution in [0.1, 0.15) is 39.2 Å². The molecule has 2 aromatic rings. The minimum absolute atomic E-state index is 0.0421. The largest absolute Gasteiger partial charge is 0.492 e. The number of ether oxygens (including phenoxy) is 2. The van der Waals surface area contributed by atoms with Crippen LogP contribution in [0.3, 0.4) is 0 Å². The summed E-state index contributed by atoms with van der Waals surface area (Å²) in [4.78, 5) is -0.498. The first kappa shape index (κ1) is 26.5. The van der Waals surface area contributed by atoms with Crippen molar-refractivity contribution in [1.82, 2.24) is 0 Å². The van der Waals surface area contributed by atoms with E-state index in [0.29, 0.717) is 25.5 Å². The number of primary sulfonamides is 1. The van der Waals surface area contributed by atoms with Crippen LogP contribution in [0.25, 0.3) is 0 Å². The Balaban J connectivity index is 1.97. The molecular formula is C24H34N2O6S2. The first-order chi connectivity index (χ1) is 16.0. The van der Waals surface area contributed by atoms with Gasteiger partial charge in [-0.3, -0.25) is 4.31 Å². The van der Waals surface area contributed by atoms with Gasteiger partial charge in [0.2, 0.25) is 10.0 Å². The van der Waals surface area contributed by atoms with Gasteiger partial charge in [-0.25, -0.2) is 22.0 Å². The number of hydrogen-bond donors (Lipinski definition) is 1. The van der Waals surface area contributed by atoms with Crippen molar-refractivity contribution in [3.63, 3.8) is 0 Å². The molecule has 188 valence electrons. The Labute approximate surface area is 203 Å². The van der Waals surface area contributed by atoms with E-state index in [0.717, 1.165) is 30.9 Å². The van der Waals surface area contributed by atoms with E-state index in [9.17, 15) is 16.8 Å². The van der Waals surface area contributed by atoms with Crippen molar-refractivity contribution in [2.45, 2.75) is 49.8 Å². The van der Waals surface area contributed by atoms with Gasteiger partial charge in [-0.05, 0) is 67.0 Å². The highest BCUT2D eigenvalue weighted by Gasteiger charge is 2.29. The molecule has 0 bridgehead atoms. The van der Waals surface area contributed by atoms with Crippen molar-refractivity contribution < 1.29 is 26.3 Å². The Hall–Kier alpha value is -2.14. The van der Waals surface area contributed by atoms with Gasteiger partial charge < -0.3 is 9.47 Å². The third-order valence-corrected chi connectivity index (χ3v) is 8.51. The molecule has 1 saturated heterocycles. The zero-order valence-electron chi connectivity index (χ0n) is 19.9. The van der Waals surface area contributed by atoms with E-state index in [1.807, 2.05) is 32.9 Å². The van der Waals surface area contributed by atoms with Crippen molar-refractivity contribution in [1.29, 1.82) is 0 Å². The third-order valence-electron chi connectivity index (χ3n) is 5.79. The van der Waals surface area contributed by atoms with Crippen molar-refractivity contribution in [3.05, 3.63) is 48.0 Å². The Morgan fingerprint density at radius 3 is 2.26 bits per heavy atom. The minimum atomic E-state index is -4.22. The zero-order chi connectivity index (χ0) is 24.9. The summed E-state index contributed by atoms with van der Waals surface area (Å²) in [6.45, 7) is 7.69. The molecule has 34 heavy (non-hydrogen) atoms. The predicted molar refractivity (Wildman–Crippen MR) is 132 cm³/mol. The first-order valence-electron chi connectivity index (χ1n) is 11.5. The van der Waals surface area contributed by atoms with Crippen LogP contribution in [-0.4, -0.2) is 43.2 Å². The second-order valence-electron chi connectivity index (χ2n) is 8.97. The van der Waals surface area contributed by atoms with Crippen molar-refractivity contribution in [3.8, 4) is 5.75 Å². The van der Waals surface area contributed by atoms with Gasteiger partial charge in [-0.2, -0.15) is 0 Å². The number of anilines is 1. The van der Waals surface area contributed by atoms with Crippen molar-refractivity contribution >= 4 is 25.7 Å². The summed E-state index contributed by atoms with van der Waals surface area (Å²) in [5.74, 6) is 0.328. The number of nitrogens with zero attached hydrogens (tertiary/aromatic N) is 1. The van der Waals surface area contributed by atoms with Gasteiger partial charge in [0.05, 0.1) is 17.2 Å². The molecule has 10 heteroatoms. The minimum Gasteiger partial charge on any atom is -0.492 e. The van der Waals surface area contributed by atoms with Gasteiger partial charge >= 0.3 is 0 Å². The summed E-state index contributed by atoms with van der Waals surface area (Å²) < 4.78 is 64.4. The maximum Gasteiger partial charge on any atom is 0.264 e. The van der Waals surface area contributed by atoms with Crippen molar-refractivity contribution in [2.24, 2.45) is 17.0 Å². The number of rotatable bonds is 10. The fourth-order valence-corrected chi connectivity index (χ4v) is 6.24. The van der Waals surface area contributed by atoms with Gasteiger partial charge in [-0.15, -0.1) is 0 Å². The molecule has 8 nitrogen and oxygen atoms in total. The Morgan fingerprint density at radius 2 is 1.71 bits per heavy atom. The van der Waals surface area contributed by atoms with Crippen LogP contribution in [0.2, 0.25) is 0 Å². The summed E-state index contributed by atoms with van der Waals surface area (Å²) >= 11 is 0. The number of nitrogens with two attached hydrogens (primary N) is 1. The van der Waals surface area contributed by atoms with E-state index in [2.05, 4.69) is 0 Å². The second-order valence-corrected chi connectivity index (χ2v) is 12.4. The molecule has 1 heterocycles. The molecule has 2 aromatic carbocycles. The fraction of sp³-hybridized carbons (Fsp3) is 0.500. The molecular weight excluding hydrogens is 476 g/mol. The summed E-state index contributed by atoms with van der Waals surface area (Å²) in [5, 5.41) is 5.44. The number of benzene rings is 2. The smallest absolute Gasteiger partial charge is 0.264 e. The lowest BCUT2D eigenvalue weighted by Crippen LogP contribution is -2.34. The molecule has 1 aliphatic rings. The molecule has 0 saturated carbocycles. The molecule has 2 N–H and O–H groups in total. The highest BCUT2D eigenvalue weighted by Crippen LogP contribution is 2.31. The molecule has 0 aromatic heterocycles. The van der Waals surface area contributed by atoms with E-state index in [-0.39, 0.29) is 33.9 Å². The monoisotopic (exact) mass is 510 g/mol. The molecule has 0 aliphatic carbocycles. The van der Waals surface area contributed by atoms with Crippen LogP contribution in [0, 0.1) is 11.8 Å². The molecule has 0 spiro atoms. The molecule has 0 amide bonds. The number of aryl methyl sites for hydroxylation is 1. The van der Waals surface area contributed by atoms with Crippen LogP contribution < -0.4 is 14.2 Å². The Bertz CT molecular complexity index is 1170. The lowest BCUT2D eigenvalue weighted by Gasteiger charge is -2.27. The van der Waals surface area contributed by atoms with E-state index in [4.69, 9.17) is 14.6 Å². The normalized spacial score (nSPS) is 15.4. The predicted octanol–water partition coefficient (Wildman–Crippen LogP) is 3.55. The van der Waals surface area contributed by atoms with Crippen LogP contribution in [-0.2, 0) is 31.2 Å². The summed E-state index contributed by atoms with van der Waals surface area (Å²) in [5.41, 5.74) is 1.61. The Morgan fingerprint density at radius 1 is 1.06 bits per heavy atom. The topological polar surface area (TPSA) is 116 Å². The summed E-state index contributed by atoms with van der Waals surface area (Å²) in [7, 11) is -8.29. The van der Waals surface area contributed by atoms with Crippen LogP contribution in [0.4, 0.5) is 5.69 Å².